The molecule has 0 saturated heterocycles. The van der Waals surface area contributed by atoms with Crippen LogP contribution in [0.2, 0.25) is 0 Å². The molecule has 1 N–H and O–H groups in total. The Morgan fingerprint density at radius 3 is 2.38 bits per heavy atom. The fraction of sp³-hybridized carbons (Fsp3) is 0.333. The van der Waals surface area contributed by atoms with E-state index in [1.54, 1.807) is 0 Å². The van der Waals surface area contributed by atoms with Gasteiger partial charge in [0.2, 0.25) is 0 Å². The van der Waals surface area contributed by atoms with E-state index in [-0.39, 0.29) is 6.10 Å². The zero-order valence-corrected chi connectivity index (χ0v) is 9.85. The molecule has 0 aromatic heterocycles. The van der Waals surface area contributed by atoms with Gasteiger partial charge in [-0.15, -0.1) is 0 Å². The van der Waals surface area contributed by atoms with Gasteiger partial charge in [-0.05, 0) is 35.6 Å². The molecule has 1 heteroatoms. The molecule has 0 spiro atoms. The third-order valence-corrected chi connectivity index (χ3v) is 3.20. The van der Waals surface area contributed by atoms with E-state index in [9.17, 15) is 5.11 Å². The van der Waals surface area contributed by atoms with Crippen LogP contribution in [0.15, 0.2) is 42.5 Å². The van der Waals surface area contributed by atoms with Gasteiger partial charge in [0.05, 0.1) is 6.10 Å². The lowest BCUT2D eigenvalue weighted by Gasteiger charge is -2.14. The van der Waals surface area contributed by atoms with Crippen LogP contribution < -0.4 is 0 Å². The maximum absolute atomic E-state index is 9.50. The quantitative estimate of drug-likeness (QED) is 0.830. The summed E-state index contributed by atoms with van der Waals surface area (Å²) >= 11 is 0. The molecule has 0 amide bonds. The Morgan fingerprint density at radius 1 is 1.00 bits per heavy atom. The molecule has 0 bridgehead atoms. The van der Waals surface area contributed by atoms with Crippen molar-refractivity contribution in [3.63, 3.8) is 0 Å². The second-order valence-electron chi connectivity index (χ2n) is 4.60. The van der Waals surface area contributed by atoms with Crippen LogP contribution in [0.5, 0.6) is 0 Å². The van der Waals surface area contributed by atoms with Gasteiger partial charge in [0.1, 0.15) is 0 Å². The molecule has 0 saturated carbocycles. The second-order valence-corrected chi connectivity index (χ2v) is 4.60. The Morgan fingerprint density at radius 2 is 1.69 bits per heavy atom. The van der Waals surface area contributed by atoms with E-state index >= 15 is 0 Å². The van der Waals surface area contributed by atoms with Crippen molar-refractivity contribution in [3.05, 3.63) is 48.0 Å². The number of aliphatic hydroxyl groups is 1. The number of benzene rings is 2. The van der Waals surface area contributed by atoms with Gasteiger partial charge in [0.15, 0.2) is 0 Å². The first-order valence-corrected chi connectivity index (χ1v) is 5.82. The number of fused-ring (bicyclic) bond motifs is 1. The molecule has 0 aliphatic rings. The van der Waals surface area contributed by atoms with E-state index in [1.807, 2.05) is 6.92 Å². The minimum absolute atomic E-state index is 0.244. The van der Waals surface area contributed by atoms with Crippen molar-refractivity contribution in [3.8, 4) is 0 Å². The van der Waals surface area contributed by atoms with E-state index in [4.69, 9.17) is 0 Å². The van der Waals surface area contributed by atoms with Crippen molar-refractivity contribution in [2.75, 3.05) is 0 Å². The van der Waals surface area contributed by atoms with Gasteiger partial charge in [0.25, 0.3) is 0 Å². The minimum atomic E-state index is -0.244. The molecule has 0 aliphatic carbocycles. The van der Waals surface area contributed by atoms with Crippen molar-refractivity contribution in [1.29, 1.82) is 0 Å². The Kier molecular flexibility index (Phi) is 3.25. The van der Waals surface area contributed by atoms with E-state index in [0.29, 0.717) is 5.92 Å². The van der Waals surface area contributed by atoms with Gasteiger partial charge in [-0.1, -0.05) is 49.4 Å². The Balaban J connectivity index is 2.26. The zero-order valence-electron chi connectivity index (χ0n) is 9.85. The standard InChI is InChI=1S/C15H18O/c1-11(12(2)16)9-13-7-8-14-5-3-4-6-15(14)10-13/h3-8,10-12,16H,9H2,1-2H3/t11-,12?/m0/s1. The molecule has 1 unspecified atom stereocenters. The summed E-state index contributed by atoms with van der Waals surface area (Å²) in [6.07, 6.45) is 0.689. The maximum Gasteiger partial charge on any atom is 0.0540 e. The molecular weight excluding hydrogens is 196 g/mol. The van der Waals surface area contributed by atoms with E-state index in [1.165, 1.54) is 16.3 Å². The number of hydrogen-bond donors (Lipinski definition) is 1. The lowest BCUT2D eigenvalue weighted by molar-refractivity contribution is 0.135. The molecule has 0 radical (unpaired) electrons. The summed E-state index contributed by atoms with van der Waals surface area (Å²) in [6.45, 7) is 3.94. The van der Waals surface area contributed by atoms with Gasteiger partial charge >= 0.3 is 0 Å². The van der Waals surface area contributed by atoms with Crippen LogP contribution in [0.3, 0.4) is 0 Å². The summed E-state index contributed by atoms with van der Waals surface area (Å²) in [7, 11) is 0. The summed E-state index contributed by atoms with van der Waals surface area (Å²) < 4.78 is 0. The van der Waals surface area contributed by atoms with Crippen LogP contribution in [0.4, 0.5) is 0 Å². The molecule has 2 aromatic rings. The molecule has 2 rings (SSSR count). The molecular formula is C15H18O. The highest BCUT2D eigenvalue weighted by Gasteiger charge is 2.09. The largest absolute Gasteiger partial charge is 0.393 e. The van der Waals surface area contributed by atoms with Gasteiger partial charge in [-0.3, -0.25) is 0 Å². The molecule has 0 heterocycles. The summed E-state index contributed by atoms with van der Waals surface area (Å²) in [6, 6.07) is 14.9. The fourth-order valence-electron chi connectivity index (χ4n) is 1.91. The highest BCUT2D eigenvalue weighted by atomic mass is 16.3. The van der Waals surface area contributed by atoms with Crippen LogP contribution in [-0.4, -0.2) is 11.2 Å². The average Bonchev–Trinajstić information content (AvgIpc) is 2.28. The summed E-state index contributed by atoms with van der Waals surface area (Å²) in [5.74, 6) is 0.307. The first-order chi connectivity index (χ1) is 7.66. The lowest BCUT2D eigenvalue weighted by Crippen LogP contribution is -2.15. The molecule has 2 atom stereocenters. The highest BCUT2D eigenvalue weighted by molar-refractivity contribution is 5.82. The fourth-order valence-corrected chi connectivity index (χ4v) is 1.91. The maximum atomic E-state index is 9.50. The molecule has 1 nitrogen and oxygen atoms in total. The normalized spacial score (nSPS) is 14.9. The third-order valence-electron chi connectivity index (χ3n) is 3.20. The molecule has 2 aromatic carbocycles. The third kappa shape index (κ3) is 2.42. The molecule has 0 fully saturated rings. The van der Waals surface area contributed by atoms with Crippen molar-refractivity contribution >= 4 is 10.8 Å². The van der Waals surface area contributed by atoms with Gasteiger partial charge < -0.3 is 5.11 Å². The smallest absolute Gasteiger partial charge is 0.0540 e. The van der Waals surface area contributed by atoms with Gasteiger partial charge in [0, 0.05) is 0 Å². The number of aliphatic hydroxyl groups excluding tert-OH is 1. The Bertz CT molecular complexity index is 474. The number of hydrogen-bond acceptors (Lipinski definition) is 1. The molecule has 0 aliphatic heterocycles. The minimum Gasteiger partial charge on any atom is -0.393 e. The monoisotopic (exact) mass is 214 g/mol. The Labute approximate surface area is 96.7 Å². The van der Waals surface area contributed by atoms with Crippen molar-refractivity contribution < 1.29 is 5.11 Å². The van der Waals surface area contributed by atoms with E-state index in [0.717, 1.165) is 6.42 Å². The average molecular weight is 214 g/mol. The van der Waals surface area contributed by atoms with Crippen LogP contribution in [-0.2, 0) is 6.42 Å². The first-order valence-electron chi connectivity index (χ1n) is 5.82. The van der Waals surface area contributed by atoms with Gasteiger partial charge in [-0.2, -0.15) is 0 Å². The first kappa shape index (κ1) is 11.2. The van der Waals surface area contributed by atoms with Crippen molar-refractivity contribution in [1.82, 2.24) is 0 Å². The van der Waals surface area contributed by atoms with Crippen molar-refractivity contribution in [2.24, 2.45) is 5.92 Å². The zero-order chi connectivity index (χ0) is 11.5. The van der Waals surface area contributed by atoms with Crippen LogP contribution in [0.1, 0.15) is 19.4 Å². The second kappa shape index (κ2) is 4.67. The van der Waals surface area contributed by atoms with Crippen molar-refractivity contribution in [2.45, 2.75) is 26.4 Å². The van der Waals surface area contributed by atoms with E-state index in [2.05, 4.69) is 49.4 Å². The predicted molar refractivity (Wildman–Crippen MR) is 68.5 cm³/mol. The SMILES string of the molecule is CC(O)[C@@H](C)Cc1ccc2ccccc2c1. The highest BCUT2D eigenvalue weighted by Crippen LogP contribution is 2.18. The van der Waals surface area contributed by atoms with Crippen LogP contribution in [0, 0.1) is 5.92 Å². The molecule has 16 heavy (non-hydrogen) atoms. The van der Waals surface area contributed by atoms with Gasteiger partial charge in [-0.25, -0.2) is 0 Å². The van der Waals surface area contributed by atoms with E-state index < -0.39 is 0 Å². The Hall–Kier alpha value is -1.34. The summed E-state index contributed by atoms with van der Waals surface area (Å²) in [4.78, 5) is 0. The van der Waals surface area contributed by atoms with Crippen LogP contribution >= 0.6 is 0 Å². The predicted octanol–water partition coefficient (Wildman–Crippen LogP) is 3.40. The lowest BCUT2D eigenvalue weighted by atomic mass is 9.95. The topological polar surface area (TPSA) is 20.2 Å². The summed E-state index contributed by atoms with van der Waals surface area (Å²) in [5.41, 5.74) is 1.30. The molecule has 84 valence electrons. The number of rotatable bonds is 3. The van der Waals surface area contributed by atoms with Crippen LogP contribution in [0.25, 0.3) is 10.8 Å². The summed E-state index contributed by atoms with van der Waals surface area (Å²) in [5, 5.41) is 12.0.